The van der Waals surface area contributed by atoms with Crippen molar-refractivity contribution in [1.29, 1.82) is 0 Å². The minimum absolute atomic E-state index is 0.196. The highest BCUT2D eigenvalue weighted by atomic mass is 127. The Bertz CT molecular complexity index is 760. The predicted octanol–water partition coefficient (Wildman–Crippen LogP) is 0.798. The second-order valence-corrected chi connectivity index (χ2v) is 7.86. The van der Waals surface area contributed by atoms with E-state index in [4.69, 9.17) is 10.5 Å². The van der Waals surface area contributed by atoms with Gasteiger partial charge in [-0.05, 0) is 99.6 Å². The number of carboxylic acids is 1. The highest BCUT2D eigenvalue weighted by Gasteiger charge is 2.15. The van der Waals surface area contributed by atoms with Crippen LogP contribution in [-0.4, -0.2) is 23.7 Å². The molecular weight excluding hydrogens is 550 g/mol. The molecule has 25 heavy (non-hydrogen) atoms. The molecule has 0 bridgehead atoms. The number of phenols is 1. The van der Waals surface area contributed by atoms with E-state index in [0.29, 0.717) is 30.9 Å². The number of aliphatic carboxylic acids is 1. The van der Waals surface area contributed by atoms with Gasteiger partial charge in [0.25, 0.3) is 0 Å². The Hall–Kier alpha value is -1.11. The molecule has 8 heteroatoms. The monoisotopic (exact) mass is 568 g/mol. The van der Waals surface area contributed by atoms with Gasteiger partial charge in [-0.15, -0.1) is 0 Å². The molecule has 1 unspecified atom stereocenters. The summed E-state index contributed by atoms with van der Waals surface area (Å²) in [5.41, 5.74) is 10.7. The van der Waals surface area contributed by atoms with Gasteiger partial charge < -0.3 is 31.2 Å². The SMILES string of the molecule is NCCc1cc(Oc2c(I)cc(CC([NH3+])C(=O)[O-])cc2I)ccc1O. The van der Waals surface area contributed by atoms with Gasteiger partial charge >= 0.3 is 0 Å². The summed E-state index contributed by atoms with van der Waals surface area (Å²) in [6.07, 6.45) is 0.860. The molecule has 0 radical (unpaired) electrons. The smallest absolute Gasteiger partial charge is 0.154 e. The highest BCUT2D eigenvalue weighted by molar-refractivity contribution is 14.1. The van der Waals surface area contributed by atoms with Gasteiger partial charge in [-0.3, -0.25) is 0 Å². The third kappa shape index (κ3) is 5.43. The van der Waals surface area contributed by atoms with Gasteiger partial charge in [0.15, 0.2) is 5.75 Å². The number of benzene rings is 2. The van der Waals surface area contributed by atoms with E-state index < -0.39 is 12.0 Å². The molecule has 0 aromatic heterocycles. The first-order chi connectivity index (χ1) is 11.8. The van der Waals surface area contributed by atoms with Crippen LogP contribution in [0.2, 0.25) is 0 Å². The standard InChI is InChI=1S/C17H18I2N2O4/c18-12-5-9(7-14(21)17(23)24)6-13(19)16(12)25-11-1-2-15(22)10(8-11)3-4-20/h1-2,5-6,8,14,22H,3-4,7,20-21H2,(H,23,24). The number of carboxylic acid groups (broad SMARTS) is 1. The normalized spacial score (nSPS) is 12.0. The van der Waals surface area contributed by atoms with E-state index in [-0.39, 0.29) is 5.75 Å². The van der Waals surface area contributed by atoms with Crippen molar-refractivity contribution in [3.63, 3.8) is 0 Å². The lowest BCUT2D eigenvalue weighted by molar-refractivity contribution is -0.437. The Morgan fingerprint density at radius 2 is 1.92 bits per heavy atom. The van der Waals surface area contributed by atoms with Gasteiger partial charge in [0.1, 0.15) is 17.5 Å². The van der Waals surface area contributed by atoms with Crippen molar-refractivity contribution in [3.05, 3.63) is 48.6 Å². The van der Waals surface area contributed by atoms with Gasteiger partial charge in [0.2, 0.25) is 0 Å². The van der Waals surface area contributed by atoms with Crippen LogP contribution in [-0.2, 0) is 17.6 Å². The minimum atomic E-state index is -1.16. The summed E-state index contributed by atoms with van der Waals surface area (Å²) < 4.78 is 7.70. The lowest BCUT2D eigenvalue weighted by Crippen LogP contribution is -2.69. The molecule has 2 rings (SSSR count). The van der Waals surface area contributed by atoms with Crippen LogP contribution in [0, 0.1) is 7.14 Å². The highest BCUT2D eigenvalue weighted by Crippen LogP contribution is 2.34. The fourth-order valence-electron chi connectivity index (χ4n) is 2.29. The third-order valence-corrected chi connectivity index (χ3v) is 5.16. The molecule has 0 spiro atoms. The number of hydrogen-bond donors (Lipinski definition) is 3. The Labute approximate surface area is 172 Å². The van der Waals surface area contributed by atoms with E-state index in [1.54, 1.807) is 18.2 Å². The molecule has 1 atom stereocenters. The number of phenolic OH excluding ortho intramolecular Hbond substituents is 1. The lowest BCUT2D eigenvalue weighted by atomic mass is 10.1. The zero-order valence-electron chi connectivity index (χ0n) is 13.3. The van der Waals surface area contributed by atoms with Crippen molar-refractivity contribution in [2.24, 2.45) is 5.73 Å². The summed E-state index contributed by atoms with van der Waals surface area (Å²) in [5.74, 6) is 0.321. The second kappa shape index (κ2) is 9.01. The molecular formula is C17H18I2N2O4. The summed E-state index contributed by atoms with van der Waals surface area (Å²) in [5, 5.41) is 20.7. The van der Waals surface area contributed by atoms with Crippen LogP contribution < -0.4 is 21.3 Å². The number of carbonyl (C=O) groups is 1. The van der Waals surface area contributed by atoms with Crippen molar-refractivity contribution in [2.45, 2.75) is 18.9 Å². The maximum Gasteiger partial charge on any atom is 0.154 e. The summed E-state index contributed by atoms with van der Waals surface area (Å²) in [6, 6.07) is 8.00. The number of nitrogens with two attached hydrogens (primary N) is 1. The first kappa shape index (κ1) is 20.2. The van der Waals surface area contributed by atoms with Crippen molar-refractivity contribution < 1.29 is 25.5 Å². The first-order valence-electron chi connectivity index (χ1n) is 7.53. The molecule has 0 heterocycles. The predicted molar refractivity (Wildman–Crippen MR) is 108 cm³/mol. The quantitative estimate of drug-likeness (QED) is 0.427. The molecule has 2 aromatic rings. The molecule has 0 amide bonds. The molecule has 6 nitrogen and oxygen atoms in total. The summed E-state index contributed by atoms with van der Waals surface area (Å²) in [4.78, 5) is 10.9. The Morgan fingerprint density at radius 1 is 1.28 bits per heavy atom. The Balaban J connectivity index is 2.25. The number of quaternary nitrogens is 1. The summed E-state index contributed by atoms with van der Waals surface area (Å²) in [6.45, 7) is 0.436. The molecule has 0 saturated carbocycles. The number of ether oxygens (including phenoxy) is 1. The van der Waals surface area contributed by atoms with E-state index >= 15 is 0 Å². The van der Waals surface area contributed by atoms with Gasteiger partial charge in [-0.1, -0.05) is 0 Å². The van der Waals surface area contributed by atoms with Crippen LogP contribution in [0.25, 0.3) is 0 Å². The average molecular weight is 568 g/mol. The Morgan fingerprint density at radius 3 is 2.48 bits per heavy atom. The number of hydrogen-bond acceptors (Lipinski definition) is 5. The van der Waals surface area contributed by atoms with Crippen molar-refractivity contribution in [2.75, 3.05) is 6.54 Å². The van der Waals surface area contributed by atoms with Crippen molar-refractivity contribution in [3.8, 4) is 17.2 Å². The second-order valence-electron chi connectivity index (χ2n) is 5.54. The topological polar surface area (TPSA) is 123 Å². The van der Waals surface area contributed by atoms with E-state index in [0.717, 1.165) is 18.3 Å². The molecule has 134 valence electrons. The summed E-state index contributed by atoms with van der Waals surface area (Å²) >= 11 is 4.30. The number of halogens is 2. The maximum absolute atomic E-state index is 10.9. The van der Waals surface area contributed by atoms with Crippen LogP contribution in [0.4, 0.5) is 0 Å². The third-order valence-electron chi connectivity index (χ3n) is 3.56. The van der Waals surface area contributed by atoms with E-state index in [9.17, 15) is 15.0 Å². The van der Waals surface area contributed by atoms with Gasteiger partial charge in [-0.2, -0.15) is 0 Å². The number of aromatic hydroxyl groups is 1. The van der Waals surface area contributed by atoms with Crippen LogP contribution in [0.1, 0.15) is 11.1 Å². The van der Waals surface area contributed by atoms with Crippen LogP contribution in [0.5, 0.6) is 17.2 Å². The number of carbonyl (C=O) groups excluding carboxylic acids is 1. The maximum atomic E-state index is 10.9. The molecule has 6 N–H and O–H groups in total. The first-order valence-corrected chi connectivity index (χ1v) is 9.69. The van der Waals surface area contributed by atoms with E-state index in [2.05, 4.69) is 50.9 Å². The zero-order valence-corrected chi connectivity index (χ0v) is 17.6. The molecule has 0 aliphatic rings. The number of rotatable bonds is 7. The zero-order chi connectivity index (χ0) is 18.6. The molecule has 0 fully saturated rings. The molecule has 0 saturated heterocycles. The molecule has 2 aromatic carbocycles. The summed E-state index contributed by atoms with van der Waals surface area (Å²) in [7, 11) is 0. The minimum Gasteiger partial charge on any atom is -0.544 e. The van der Waals surface area contributed by atoms with Crippen LogP contribution in [0.15, 0.2) is 30.3 Å². The lowest BCUT2D eigenvalue weighted by Gasteiger charge is -2.15. The Kier molecular flexibility index (Phi) is 7.28. The van der Waals surface area contributed by atoms with E-state index in [1.807, 2.05) is 12.1 Å². The van der Waals surface area contributed by atoms with Gasteiger partial charge in [0, 0.05) is 6.42 Å². The fourth-order valence-corrected chi connectivity index (χ4v) is 4.41. The average Bonchev–Trinajstić information content (AvgIpc) is 2.54. The molecule has 0 aliphatic carbocycles. The fraction of sp³-hybridized carbons (Fsp3) is 0.235. The molecule has 0 aliphatic heterocycles. The largest absolute Gasteiger partial charge is 0.544 e. The van der Waals surface area contributed by atoms with Crippen LogP contribution >= 0.6 is 45.2 Å². The van der Waals surface area contributed by atoms with E-state index in [1.165, 1.54) is 0 Å². The van der Waals surface area contributed by atoms with Crippen molar-refractivity contribution in [1.82, 2.24) is 0 Å². The van der Waals surface area contributed by atoms with Gasteiger partial charge in [0.05, 0.1) is 13.1 Å². The van der Waals surface area contributed by atoms with Crippen molar-refractivity contribution >= 4 is 51.2 Å². The van der Waals surface area contributed by atoms with Gasteiger partial charge in [-0.25, -0.2) is 0 Å². The van der Waals surface area contributed by atoms with Crippen LogP contribution in [0.3, 0.4) is 0 Å².